The largest absolute Gasteiger partial charge is 0.573 e. The number of para-hydroxylation sites is 1. The van der Waals surface area contributed by atoms with E-state index in [0.29, 0.717) is 24.6 Å². The Morgan fingerprint density at radius 3 is 2.63 bits per heavy atom. The Bertz CT molecular complexity index is 737. The number of hydrogen-bond acceptors (Lipinski definition) is 4. The van der Waals surface area contributed by atoms with Gasteiger partial charge in [0.05, 0.1) is 17.2 Å². The van der Waals surface area contributed by atoms with Crippen molar-refractivity contribution in [1.29, 1.82) is 0 Å². The van der Waals surface area contributed by atoms with Crippen LogP contribution in [0, 0.1) is 6.92 Å². The van der Waals surface area contributed by atoms with Crippen LogP contribution in [0.1, 0.15) is 23.2 Å². The quantitative estimate of drug-likeness (QED) is 0.330. The summed E-state index contributed by atoms with van der Waals surface area (Å²) < 4.78 is 41.5. The maximum atomic E-state index is 12.5. The molecular weight excluding hydrogens is 492 g/mol. The lowest BCUT2D eigenvalue weighted by Crippen LogP contribution is -2.38. The van der Waals surface area contributed by atoms with Crippen molar-refractivity contribution in [3.8, 4) is 5.75 Å². The lowest BCUT2D eigenvalue weighted by atomic mass is 10.2. The van der Waals surface area contributed by atoms with Gasteiger partial charge in [0.15, 0.2) is 5.96 Å². The maximum absolute atomic E-state index is 12.5. The van der Waals surface area contributed by atoms with Gasteiger partial charge in [-0.15, -0.1) is 48.5 Å². The predicted octanol–water partition coefficient (Wildman–Crippen LogP) is 4.27. The van der Waals surface area contributed by atoms with Crippen molar-refractivity contribution < 1.29 is 17.9 Å². The average Bonchev–Trinajstić information content (AvgIpc) is 2.98. The van der Waals surface area contributed by atoms with Crippen LogP contribution in [0.2, 0.25) is 0 Å². The highest BCUT2D eigenvalue weighted by molar-refractivity contribution is 14.0. The van der Waals surface area contributed by atoms with Crippen molar-refractivity contribution in [3.63, 3.8) is 0 Å². The van der Waals surface area contributed by atoms with Crippen molar-refractivity contribution in [2.45, 2.75) is 33.2 Å². The Labute approximate surface area is 177 Å². The Balaban J connectivity index is 0.00000364. The zero-order valence-corrected chi connectivity index (χ0v) is 18.1. The van der Waals surface area contributed by atoms with Crippen molar-refractivity contribution in [3.05, 3.63) is 45.9 Å². The Morgan fingerprint density at radius 1 is 1.26 bits per heavy atom. The van der Waals surface area contributed by atoms with E-state index in [1.54, 1.807) is 23.5 Å². The molecule has 0 spiro atoms. The molecule has 2 rings (SSSR count). The molecule has 0 amide bonds. The number of nitrogens with zero attached hydrogens (tertiary/aromatic N) is 2. The van der Waals surface area contributed by atoms with Crippen LogP contribution in [0.15, 0.2) is 34.6 Å². The van der Waals surface area contributed by atoms with E-state index >= 15 is 0 Å². The fourth-order valence-corrected chi connectivity index (χ4v) is 2.84. The summed E-state index contributed by atoms with van der Waals surface area (Å²) in [6.45, 7) is 5.20. The fraction of sp³-hybridized carbons (Fsp3) is 0.412. The molecular formula is C17H22F3IN4OS. The first-order valence-corrected chi connectivity index (χ1v) is 9.02. The fourth-order valence-electron chi connectivity index (χ4n) is 2.20. The van der Waals surface area contributed by atoms with Gasteiger partial charge in [-0.05, 0) is 19.9 Å². The molecule has 150 valence electrons. The first kappa shape index (κ1) is 23.5. The maximum Gasteiger partial charge on any atom is 0.573 e. The molecule has 0 saturated carbocycles. The number of alkyl halides is 3. The van der Waals surface area contributed by atoms with E-state index in [4.69, 9.17) is 0 Å². The second-order valence-corrected chi connectivity index (χ2v) is 6.45. The molecule has 1 heterocycles. The molecule has 0 unspecified atom stereocenters. The standard InChI is InChI=1S/C17H21F3N4OS.HI/c1-3-21-16(22-9-8-14-11-26-12(2)24-14)23-10-13-6-4-5-7-15(13)25-17(18,19)20;/h4-7,11H,3,8-10H2,1-2H3,(H2,21,22,23);1H. The number of aliphatic imine (C=N–C) groups is 1. The van der Waals surface area contributed by atoms with Gasteiger partial charge in [-0.1, -0.05) is 18.2 Å². The van der Waals surface area contributed by atoms with Gasteiger partial charge in [-0.2, -0.15) is 0 Å². The van der Waals surface area contributed by atoms with E-state index in [2.05, 4.69) is 25.3 Å². The minimum atomic E-state index is -4.73. The number of ether oxygens (including phenoxy) is 1. The summed E-state index contributed by atoms with van der Waals surface area (Å²) in [7, 11) is 0. The molecule has 2 N–H and O–H groups in total. The topological polar surface area (TPSA) is 58.5 Å². The Morgan fingerprint density at radius 2 is 2.00 bits per heavy atom. The van der Waals surface area contributed by atoms with Gasteiger partial charge in [0.1, 0.15) is 5.75 Å². The molecule has 5 nitrogen and oxygen atoms in total. The number of thiazole rings is 1. The molecule has 0 radical (unpaired) electrons. The molecule has 1 aromatic carbocycles. The summed E-state index contributed by atoms with van der Waals surface area (Å²) >= 11 is 1.60. The Kier molecular flexibility index (Phi) is 9.84. The molecule has 0 saturated heterocycles. The second-order valence-electron chi connectivity index (χ2n) is 5.39. The highest BCUT2D eigenvalue weighted by Gasteiger charge is 2.31. The van der Waals surface area contributed by atoms with E-state index in [-0.39, 0.29) is 36.3 Å². The van der Waals surface area contributed by atoms with Crippen LogP contribution in [-0.4, -0.2) is 30.4 Å². The molecule has 0 atom stereocenters. The first-order chi connectivity index (χ1) is 12.4. The second kappa shape index (κ2) is 11.3. The zero-order chi connectivity index (χ0) is 19.0. The molecule has 0 aliphatic heterocycles. The summed E-state index contributed by atoms with van der Waals surface area (Å²) in [5.41, 5.74) is 1.36. The van der Waals surface area contributed by atoms with E-state index in [9.17, 15) is 13.2 Å². The van der Waals surface area contributed by atoms with Crippen LogP contribution in [-0.2, 0) is 13.0 Å². The summed E-state index contributed by atoms with van der Waals surface area (Å²) in [5, 5.41) is 9.25. The monoisotopic (exact) mass is 514 g/mol. The molecule has 10 heteroatoms. The van der Waals surface area contributed by atoms with Gasteiger partial charge in [-0.25, -0.2) is 9.98 Å². The number of aromatic nitrogens is 1. The number of rotatable bonds is 7. The zero-order valence-electron chi connectivity index (χ0n) is 15.0. The smallest absolute Gasteiger partial charge is 0.405 e. The van der Waals surface area contributed by atoms with Crippen LogP contribution in [0.25, 0.3) is 0 Å². The molecule has 0 aliphatic rings. The number of benzene rings is 1. The van der Waals surface area contributed by atoms with Gasteiger partial charge in [-0.3, -0.25) is 0 Å². The van der Waals surface area contributed by atoms with Crippen molar-refractivity contribution >= 4 is 41.3 Å². The molecule has 0 fully saturated rings. The first-order valence-electron chi connectivity index (χ1n) is 8.14. The van der Waals surface area contributed by atoms with E-state index < -0.39 is 6.36 Å². The van der Waals surface area contributed by atoms with E-state index in [1.807, 2.05) is 19.2 Å². The summed E-state index contributed by atoms with van der Waals surface area (Å²) in [6, 6.07) is 5.99. The molecule has 0 bridgehead atoms. The van der Waals surface area contributed by atoms with Crippen molar-refractivity contribution in [1.82, 2.24) is 15.6 Å². The predicted molar refractivity (Wildman–Crippen MR) is 112 cm³/mol. The minimum absolute atomic E-state index is 0. The molecule has 1 aromatic heterocycles. The normalized spacial score (nSPS) is 11.7. The highest BCUT2D eigenvalue weighted by atomic mass is 127. The minimum Gasteiger partial charge on any atom is -0.405 e. The third kappa shape index (κ3) is 8.78. The van der Waals surface area contributed by atoms with Gasteiger partial charge in [0.2, 0.25) is 0 Å². The summed E-state index contributed by atoms with van der Waals surface area (Å²) in [6.07, 6.45) is -3.99. The van der Waals surface area contributed by atoms with Crippen LogP contribution in [0.4, 0.5) is 13.2 Å². The molecule has 27 heavy (non-hydrogen) atoms. The van der Waals surface area contributed by atoms with Gasteiger partial charge in [0, 0.05) is 30.5 Å². The highest BCUT2D eigenvalue weighted by Crippen LogP contribution is 2.26. The van der Waals surface area contributed by atoms with Crippen molar-refractivity contribution in [2.24, 2.45) is 4.99 Å². The van der Waals surface area contributed by atoms with E-state index in [1.165, 1.54) is 12.1 Å². The van der Waals surface area contributed by atoms with Crippen LogP contribution in [0.3, 0.4) is 0 Å². The average molecular weight is 514 g/mol. The van der Waals surface area contributed by atoms with Crippen molar-refractivity contribution in [2.75, 3.05) is 13.1 Å². The lowest BCUT2D eigenvalue weighted by molar-refractivity contribution is -0.274. The SMILES string of the molecule is CCNC(=NCc1ccccc1OC(F)(F)F)NCCc1csc(C)n1.I. The van der Waals surface area contributed by atoms with Gasteiger partial charge >= 0.3 is 6.36 Å². The number of aryl methyl sites for hydroxylation is 1. The third-order valence-corrected chi connectivity index (χ3v) is 4.11. The van der Waals surface area contributed by atoms with Gasteiger partial charge in [0.25, 0.3) is 0 Å². The molecule has 2 aromatic rings. The lowest BCUT2D eigenvalue weighted by Gasteiger charge is -2.13. The van der Waals surface area contributed by atoms with Crippen LogP contribution in [0.5, 0.6) is 5.75 Å². The summed E-state index contributed by atoms with van der Waals surface area (Å²) in [5.74, 6) is 0.291. The Hall–Kier alpha value is -1.56. The third-order valence-electron chi connectivity index (χ3n) is 3.29. The number of guanidine groups is 1. The molecule has 0 aliphatic carbocycles. The van der Waals surface area contributed by atoms with Gasteiger partial charge < -0.3 is 15.4 Å². The van der Waals surface area contributed by atoms with Crippen LogP contribution < -0.4 is 15.4 Å². The number of nitrogens with one attached hydrogen (secondary N) is 2. The van der Waals surface area contributed by atoms with Crippen LogP contribution >= 0.6 is 35.3 Å². The summed E-state index contributed by atoms with van der Waals surface area (Å²) in [4.78, 5) is 8.73. The van der Waals surface area contributed by atoms with E-state index in [0.717, 1.165) is 17.1 Å². The number of hydrogen-bond donors (Lipinski definition) is 2. The number of halogens is 4.